The minimum atomic E-state index is -3.69. The Morgan fingerprint density at radius 3 is 2.10 bits per heavy atom. The van der Waals surface area contributed by atoms with Crippen LogP contribution in [0.5, 0.6) is 11.5 Å². The predicted octanol–water partition coefficient (Wildman–Crippen LogP) is 4.58. The number of anilines is 1. The number of likely N-dealkylation sites (N-methyl/N-ethyl adjacent to an activating group) is 1. The Labute approximate surface area is 235 Å². The lowest BCUT2D eigenvalue weighted by atomic mass is 10.2. The molecule has 9 nitrogen and oxygen atoms in total. The number of carbonyl (C=O) groups is 1. The summed E-state index contributed by atoms with van der Waals surface area (Å²) in [6, 6.07) is 9.99. The second kappa shape index (κ2) is 12.2. The molecule has 2 heterocycles. The number of nitrogens with zero attached hydrogens (tertiary/aromatic N) is 4. The molecule has 1 aliphatic rings. The lowest BCUT2D eigenvalue weighted by Crippen LogP contribution is -2.37. The predicted molar refractivity (Wildman–Crippen MR) is 156 cm³/mol. The molecule has 0 saturated carbocycles. The van der Waals surface area contributed by atoms with Crippen LogP contribution in [-0.4, -0.2) is 82.0 Å². The zero-order valence-corrected chi connectivity index (χ0v) is 25.1. The number of amides is 1. The quantitative estimate of drug-likeness (QED) is 0.331. The van der Waals surface area contributed by atoms with Crippen molar-refractivity contribution in [1.82, 2.24) is 14.2 Å². The highest BCUT2D eigenvalue weighted by atomic mass is 32.2. The maximum Gasteiger partial charge on any atom is 0.260 e. The molecule has 3 aromatic rings. The number of benzene rings is 2. The Balaban J connectivity index is 1.63. The van der Waals surface area contributed by atoms with Gasteiger partial charge in [-0.3, -0.25) is 9.69 Å². The third kappa shape index (κ3) is 6.89. The lowest BCUT2D eigenvalue weighted by molar-refractivity contribution is 0.0985. The first-order valence-corrected chi connectivity index (χ1v) is 15.5. The van der Waals surface area contributed by atoms with Crippen LogP contribution in [0.2, 0.25) is 0 Å². The molecule has 0 saturated heterocycles. The van der Waals surface area contributed by atoms with Crippen LogP contribution in [0.25, 0.3) is 10.2 Å². The summed E-state index contributed by atoms with van der Waals surface area (Å²) in [6.07, 6.45) is 0. The van der Waals surface area contributed by atoms with Crippen LogP contribution in [0.15, 0.2) is 41.3 Å². The van der Waals surface area contributed by atoms with Gasteiger partial charge in [0.05, 0.1) is 15.1 Å². The molecule has 0 atom stereocenters. The molecule has 1 amide bonds. The van der Waals surface area contributed by atoms with Gasteiger partial charge in [-0.25, -0.2) is 13.4 Å². The maximum absolute atomic E-state index is 13.7. The van der Waals surface area contributed by atoms with Gasteiger partial charge in [-0.1, -0.05) is 39.0 Å². The third-order valence-corrected chi connectivity index (χ3v) is 9.05. The first kappa shape index (κ1) is 29.3. The van der Waals surface area contributed by atoms with Crippen molar-refractivity contribution in [1.29, 1.82) is 0 Å². The van der Waals surface area contributed by atoms with Crippen molar-refractivity contribution in [2.45, 2.75) is 32.6 Å². The fourth-order valence-corrected chi connectivity index (χ4v) is 7.08. The second-order valence-corrected chi connectivity index (χ2v) is 13.8. The SMILES string of the molecule is CC(C)CN(CC(C)C)S(=O)(=O)c1ccc(C(=O)N(CCN(C)C)c2nc3cc4c(cc3s2)OCCO4)cc1. The summed E-state index contributed by atoms with van der Waals surface area (Å²) >= 11 is 1.41. The van der Waals surface area contributed by atoms with Crippen molar-refractivity contribution < 1.29 is 22.7 Å². The monoisotopic (exact) mass is 574 g/mol. The molecule has 39 heavy (non-hydrogen) atoms. The van der Waals surface area contributed by atoms with E-state index in [0.717, 1.165) is 10.2 Å². The first-order chi connectivity index (χ1) is 18.5. The Morgan fingerprint density at radius 1 is 0.949 bits per heavy atom. The van der Waals surface area contributed by atoms with Gasteiger partial charge in [-0.05, 0) is 50.2 Å². The normalized spacial score (nSPS) is 13.7. The summed E-state index contributed by atoms with van der Waals surface area (Å²) in [4.78, 5) is 22.3. The Kier molecular flexibility index (Phi) is 9.15. The van der Waals surface area contributed by atoms with Gasteiger partial charge in [0.15, 0.2) is 16.6 Å². The number of aromatic nitrogens is 1. The number of hydrogen-bond acceptors (Lipinski definition) is 8. The van der Waals surface area contributed by atoms with Crippen LogP contribution in [0.3, 0.4) is 0 Å². The van der Waals surface area contributed by atoms with Crippen molar-refractivity contribution in [2.24, 2.45) is 11.8 Å². The van der Waals surface area contributed by atoms with E-state index in [2.05, 4.69) is 0 Å². The van der Waals surface area contributed by atoms with Crippen molar-refractivity contribution >= 4 is 42.6 Å². The molecular weight excluding hydrogens is 536 g/mol. The summed E-state index contributed by atoms with van der Waals surface area (Å²) < 4.78 is 40.7. The summed E-state index contributed by atoms with van der Waals surface area (Å²) in [7, 11) is 0.210. The largest absolute Gasteiger partial charge is 0.486 e. The summed E-state index contributed by atoms with van der Waals surface area (Å²) in [5, 5.41) is 0.566. The average Bonchev–Trinajstić information content (AvgIpc) is 3.28. The Bertz CT molecular complexity index is 1350. The van der Waals surface area contributed by atoms with Crippen LogP contribution >= 0.6 is 11.3 Å². The first-order valence-electron chi connectivity index (χ1n) is 13.2. The molecule has 212 valence electrons. The van der Waals surface area contributed by atoms with E-state index in [9.17, 15) is 13.2 Å². The Morgan fingerprint density at radius 2 is 1.54 bits per heavy atom. The number of fused-ring (bicyclic) bond motifs is 2. The van der Waals surface area contributed by atoms with Gasteiger partial charge in [0.2, 0.25) is 10.0 Å². The van der Waals surface area contributed by atoms with Gasteiger partial charge in [0, 0.05) is 43.9 Å². The van der Waals surface area contributed by atoms with Gasteiger partial charge >= 0.3 is 0 Å². The van der Waals surface area contributed by atoms with Crippen LogP contribution in [0.1, 0.15) is 38.1 Å². The van der Waals surface area contributed by atoms with E-state index in [4.69, 9.17) is 14.5 Å². The van der Waals surface area contributed by atoms with E-state index in [1.807, 2.05) is 58.8 Å². The van der Waals surface area contributed by atoms with E-state index in [-0.39, 0.29) is 22.6 Å². The highest BCUT2D eigenvalue weighted by Crippen LogP contribution is 2.39. The van der Waals surface area contributed by atoms with Gasteiger partial charge in [-0.15, -0.1) is 0 Å². The van der Waals surface area contributed by atoms with Crippen LogP contribution < -0.4 is 14.4 Å². The molecule has 11 heteroatoms. The van der Waals surface area contributed by atoms with Gasteiger partial charge in [0.25, 0.3) is 5.91 Å². The molecule has 4 rings (SSSR count). The smallest absolute Gasteiger partial charge is 0.260 e. The van der Waals surface area contributed by atoms with Crippen LogP contribution in [0.4, 0.5) is 5.13 Å². The molecular formula is C28H38N4O5S2. The summed E-state index contributed by atoms with van der Waals surface area (Å²) in [6.45, 7) is 10.9. The number of sulfonamides is 1. The van der Waals surface area contributed by atoms with Crippen LogP contribution in [-0.2, 0) is 10.0 Å². The molecule has 0 unspecified atom stereocenters. The van der Waals surface area contributed by atoms with Crippen molar-refractivity contribution in [3.63, 3.8) is 0 Å². The number of carbonyl (C=O) groups excluding carboxylic acids is 1. The molecule has 1 aliphatic heterocycles. The zero-order chi connectivity index (χ0) is 28.3. The molecule has 0 aliphatic carbocycles. The summed E-state index contributed by atoms with van der Waals surface area (Å²) in [5.41, 5.74) is 1.14. The summed E-state index contributed by atoms with van der Waals surface area (Å²) in [5.74, 6) is 1.48. The third-order valence-electron chi connectivity index (χ3n) is 6.16. The van der Waals surface area contributed by atoms with E-state index >= 15 is 0 Å². The number of hydrogen-bond donors (Lipinski definition) is 0. The van der Waals surface area contributed by atoms with Gasteiger partial charge in [0.1, 0.15) is 13.2 Å². The molecule has 0 radical (unpaired) electrons. The fraction of sp³-hybridized carbons (Fsp3) is 0.500. The standard InChI is InChI=1S/C28H38N4O5S2/c1-19(2)17-31(18-20(3)4)39(34,35)22-9-7-21(8-10-22)27(33)32(12-11-30(5)6)28-29-23-15-24-25(16-26(23)38-28)37-14-13-36-24/h7-10,15-16,19-20H,11-14,17-18H2,1-6H3. The molecule has 2 aromatic carbocycles. The lowest BCUT2D eigenvalue weighted by Gasteiger charge is -2.26. The molecule has 0 fully saturated rings. The van der Waals surface area contributed by atoms with E-state index in [1.54, 1.807) is 17.0 Å². The highest BCUT2D eigenvalue weighted by molar-refractivity contribution is 7.89. The van der Waals surface area contributed by atoms with E-state index in [1.165, 1.54) is 27.8 Å². The molecule has 0 N–H and O–H groups in total. The van der Waals surface area contributed by atoms with Gasteiger partial charge < -0.3 is 14.4 Å². The number of thiazole rings is 1. The molecule has 0 bridgehead atoms. The van der Waals surface area contributed by atoms with E-state index < -0.39 is 10.0 Å². The zero-order valence-electron chi connectivity index (χ0n) is 23.5. The number of rotatable bonds is 11. The number of ether oxygens (including phenoxy) is 2. The van der Waals surface area contributed by atoms with Crippen molar-refractivity contribution in [2.75, 3.05) is 58.4 Å². The average molecular weight is 575 g/mol. The van der Waals surface area contributed by atoms with Gasteiger partial charge in [-0.2, -0.15) is 4.31 Å². The molecule has 0 spiro atoms. The van der Waals surface area contributed by atoms with E-state index in [0.29, 0.717) is 61.6 Å². The second-order valence-electron chi connectivity index (χ2n) is 10.9. The molecule has 1 aromatic heterocycles. The minimum absolute atomic E-state index is 0.186. The Hall–Kier alpha value is -2.73. The maximum atomic E-state index is 13.7. The highest BCUT2D eigenvalue weighted by Gasteiger charge is 2.27. The van der Waals surface area contributed by atoms with Crippen LogP contribution in [0, 0.1) is 11.8 Å². The minimum Gasteiger partial charge on any atom is -0.486 e. The topological polar surface area (TPSA) is 92.3 Å². The fourth-order valence-electron chi connectivity index (χ4n) is 4.31. The van der Waals surface area contributed by atoms with Crippen molar-refractivity contribution in [3.8, 4) is 11.5 Å². The van der Waals surface area contributed by atoms with Crippen molar-refractivity contribution in [3.05, 3.63) is 42.0 Å².